The number of hydrogen-bond donors (Lipinski definition) is 1. The smallest absolute Gasteiger partial charge is 0.187 e. The molecule has 0 unspecified atom stereocenters. The van der Waals surface area contributed by atoms with E-state index in [1.807, 2.05) is 25.1 Å². The summed E-state index contributed by atoms with van der Waals surface area (Å²) < 4.78 is 1.79. The SMILES string of the molecule is C/C(=C\C(=O)c1ccc(Br)cc1)Nc1ccc(Cl)cc1Br. The summed E-state index contributed by atoms with van der Waals surface area (Å²) in [6.07, 6.45) is 1.57. The topological polar surface area (TPSA) is 29.1 Å². The fourth-order valence-corrected chi connectivity index (χ4v) is 2.78. The van der Waals surface area contributed by atoms with Gasteiger partial charge in [0.05, 0.1) is 5.69 Å². The summed E-state index contributed by atoms with van der Waals surface area (Å²) in [5.41, 5.74) is 2.26. The Morgan fingerprint density at radius 1 is 1.14 bits per heavy atom. The molecule has 0 saturated heterocycles. The standard InChI is InChI=1S/C16H12Br2ClNO/c1-10(20-15-7-6-13(19)9-14(15)18)8-16(21)11-2-4-12(17)5-3-11/h2-9,20H,1H3/b10-8+. The summed E-state index contributed by atoms with van der Waals surface area (Å²) in [5, 5.41) is 3.83. The Morgan fingerprint density at radius 2 is 1.81 bits per heavy atom. The van der Waals surface area contributed by atoms with Gasteiger partial charge in [0.2, 0.25) is 0 Å². The molecule has 0 aliphatic heterocycles. The molecule has 0 atom stereocenters. The molecule has 5 heteroatoms. The van der Waals surface area contributed by atoms with Crippen molar-refractivity contribution in [1.82, 2.24) is 0 Å². The first-order chi connectivity index (χ1) is 9.95. The zero-order valence-electron chi connectivity index (χ0n) is 11.2. The fourth-order valence-electron chi connectivity index (χ4n) is 1.73. The maximum absolute atomic E-state index is 12.1. The Kier molecular flexibility index (Phi) is 5.62. The minimum atomic E-state index is -0.0439. The first kappa shape index (κ1) is 16.3. The summed E-state index contributed by atoms with van der Waals surface area (Å²) >= 11 is 12.7. The second-order valence-electron chi connectivity index (χ2n) is 4.45. The molecule has 0 spiro atoms. The average molecular weight is 430 g/mol. The lowest BCUT2D eigenvalue weighted by Gasteiger charge is -2.09. The monoisotopic (exact) mass is 427 g/mol. The van der Waals surface area contributed by atoms with Crippen LogP contribution in [0, 0.1) is 0 Å². The van der Waals surface area contributed by atoms with Gasteiger partial charge in [-0.25, -0.2) is 0 Å². The van der Waals surface area contributed by atoms with Crippen LogP contribution in [0.25, 0.3) is 0 Å². The van der Waals surface area contributed by atoms with E-state index in [0.717, 1.165) is 20.3 Å². The van der Waals surface area contributed by atoms with Gasteiger partial charge in [0.1, 0.15) is 0 Å². The fraction of sp³-hybridized carbons (Fsp3) is 0.0625. The zero-order chi connectivity index (χ0) is 15.4. The van der Waals surface area contributed by atoms with Gasteiger partial charge in [-0.2, -0.15) is 0 Å². The number of halogens is 3. The summed E-state index contributed by atoms with van der Waals surface area (Å²) in [5.74, 6) is -0.0439. The zero-order valence-corrected chi connectivity index (χ0v) is 15.1. The highest BCUT2D eigenvalue weighted by atomic mass is 79.9. The summed E-state index contributed by atoms with van der Waals surface area (Å²) in [4.78, 5) is 12.1. The van der Waals surface area contributed by atoms with Crippen molar-refractivity contribution < 1.29 is 4.79 Å². The molecule has 0 aromatic heterocycles. The number of rotatable bonds is 4. The van der Waals surface area contributed by atoms with E-state index in [1.54, 1.807) is 30.3 Å². The molecule has 0 aliphatic carbocycles. The molecule has 2 rings (SSSR count). The van der Waals surface area contributed by atoms with E-state index in [4.69, 9.17) is 11.6 Å². The number of carbonyl (C=O) groups is 1. The van der Waals surface area contributed by atoms with E-state index < -0.39 is 0 Å². The Morgan fingerprint density at radius 3 is 2.43 bits per heavy atom. The molecular formula is C16H12Br2ClNO. The predicted molar refractivity (Wildman–Crippen MR) is 95.0 cm³/mol. The third-order valence-corrected chi connectivity index (χ3v) is 4.16. The van der Waals surface area contributed by atoms with Crippen LogP contribution in [0.1, 0.15) is 17.3 Å². The van der Waals surface area contributed by atoms with Crippen molar-refractivity contribution in [3.63, 3.8) is 0 Å². The van der Waals surface area contributed by atoms with Crippen LogP contribution in [0.5, 0.6) is 0 Å². The molecular weight excluding hydrogens is 417 g/mol. The maximum atomic E-state index is 12.1. The van der Waals surface area contributed by atoms with Gasteiger partial charge in [0, 0.05) is 31.3 Å². The number of benzene rings is 2. The van der Waals surface area contributed by atoms with Crippen molar-refractivity contribution in [3.8, 4) is 0 Å². The third-order valence-electron chi connectivity index (χ3n) is 2.74. The number of nitrogens with one attached hydrogen (secondary N) is 1. The van der Waals surface area contributed by atoms with Crippen LogP contribution in [-0.4, -0.2) is 5.78 Å². The molecule has 108 valence electrons. The molecule has 0 radical (unpaired) electrons. The second kappa shape index (κ2) is 7.25. The molecule has 0 amide bonds. The minimum Gasteiger partial charge on any atom is -0.358 e. The van der Waals surface area contributed by atoms with Crippen molar-refractivity contribution >= 4 is 54.9 Å². The first-order valence-electron chi connectivity index (χ1n) is 6.16. The van der Waals surface area contributed by atoms with Crippen molar-refractivity contribution in [1.29, 1.82) is 0 Å². The quantitative estimate of drug-likeness (QED) is 0.473. The van der Waals surface area contributed by atoms with Gasteiger partial charge in [-0.3, -0.25) is 4.79 Å². The summed E-state index contributed by atoms with van der Waals surface area (Å²) in [6, 6.07) is 12.7. The highest BCUT2D eigenvalue weighted by molar-refractivity contribution is 9.10. The molecule has 21 heavy (non-hydrogen) atoms. The lowest BCUT2D eigenvalue weighted by Crippen LogP contribution is -2.01. The largest absolute Gasteiger partial charge is 0.358 e. The molecule has 2 nitrogen and oxygen atoms in total. The Hall–Kier alpha value is -1.10. The van der Waals surface area contributed by atoms with E-state index in [2.05, 4.69) is 37.2 Å². The molecule has 0 fully saturated rings. The van der Waals surface area contributed by atoms with Gasteiger partial charge >= 0.3 is 0 Å². The van der Waals surface area contributed by atoms with Gasteiger partial charge in [-0.1, -0.05) is 27.5 Å². The minimum absolute atomic E-state index is 0.0439. The molecule has 2 aromatic rings. The molecule has 0 heterocycles. The lowest BCUT2D eigenvalue weighted by atomic mass is 10.1. The number of allylic oxidation sites excluding steroid dienone is 2. The number of hydrogen-bond acceptors (Lipinski definition) is 2. The number of carbonyl (C=O) groups excluding carboxylic acids is 1. The Balaban J connectivity index is 2.13. The van der Waals surface area contributed by atoms with Crippen LogP contribution in [0.15, 0.2) is 63.2 Å². The third kappa shape index (κ3) is 4.70. The van der Waals surface area contributed by atoms with Crippen molar-refractivity contribution in [2.75, 3.05) is 5.32 Å². The summed E-state index contributed by atoms with van der Waals surface area (Å²) in [6.45, 7) is 1.85. The Bertz CT molecular complexity index is 696. The molecule has 2 aromatic carbocycles. The average Bonchev–Trinajstić information content (AvgIpc) is 2.42. The van der Waals surface area contributed by atoms with Crippen LogP contribution in [-0.2, 0) is 0 Å². The van der Waals surface area contributed by atoms with E-state index >= 15 is 0 Å². The van der Waals surface area contributed by atoms with E-state index in [1.165, 1.54) is 0 Å². The molecule has 1 N–H and O–H groups in total. The van der Waals surface area contributed by atoms with E-state index in [0.29, 0.717) is 10.6 Å². The molecule has 0 aliphatic rings. The highest BCUT2D eigenvalue weighted by Gasteiger charge is 2.05. The van der Waals surface area contributed by atoms with Gasteiger partial charge in [0.25, 0.3) is 0 Å². The highest BCUT2D eigenvalue weighted by Crippen LogP contribution is 2.27. The summed E-state index contributed by atoms with van der Waals surface area (Å²) in [7, 11) is 0. The van der Waals surface area contributed by atoms with E-state index in [9.17, 15) is 4.79 Å². The van der Waals surface area contributed by atoms with Crippen LogP contribution >= 0.6 is 43.5 Å². The van der Waals surface area contributed by atoms with Crippen molar-refractivity contribution in [2.45, 2.75) is 6.92 Å². The maximum Gasteiger partial charge on any atom is 0.187 e. The van der Waals surface area contributed by atoms with Gasteiger partial charge < -0.3 is 5.32 Å². The normalized spacial score (nSPS) is 11.3. The predicted octanol–water partition coefficient (Wildman–Crippen LogP) is 6.06. The van der Waals surface area contributed by atoms with Crippen molar-refractivity contribution in [3.05, 3.63) is 73.8 Å². The van der Waals surface area contributed by atoms with Crippen molar-refractivity contribution in [2.24, 2.45) is 0 Å². The van der Waals surface area contributed by atoms with Crippen LogP contribution in [0.2, 0.25) is 5.02 Å². The van der Waals surface area contributed by atoms with Crippen LogP contribution in [0.3, 0.4) is 0 Å². The number of ketones is 1. The Labute approximate surface area is 145 Å². The number of anilines is 1. The molecule has 0 bridgehead atoms. The first-order valence-corrected chi connectivity index (χ1v) is 8.12. The van der Waals surface area contributed by atoms with Gasteiger partial charge in [-0.05, 0) is 65.3 Å². The lowest BCUT2D eigenvalue weighted by molar-refractivity contribution is 0.104. The van der Waals surface area contributed by atoms with Gasteiger partial charge in [-0.15, -0.1) is 0 Å². The van der Waals surface area contributed by atoms with Crippen LogP contribution in [0.4, 0.5) is 5.69 Å². The van der Waals surface area contributed by atoms with Crippen LogP contribution < -0.4 is 5.32 Å². The van der Waals surface area contributed by atoms with E-state index in [-0.39, 0.29) is 5.78 Å². The molecule has 0 saturated carbocycles. The second-order valence-corrected chi connectivity index (χ2v) is 6.65. The van der Waals surface area contributed by atoms with Gasteiger partial charge in [0.15, 0.2) is 5.78 Å².